The third kappa shape index (κ3) is 2.84. The molecule has 2 aromatic rings. The van der Waals surface area contributed by atoms with Crippen LogP contribution in [0, 0.1) is 6.92 Å². The molecule has 0 bridgehead atoms. The van der Waals surface area contributed by atoms with E-state index in [0.717, 1.165) is 17.3 Å². The van der Waals surface area contributed by atoms with E-state index in [1.54, 1.807) is 6.20 Å². The van der Waals surface area contributed by atoms with E-state index in [-0.39, 0.29) is 0 Å². The van der Waals surface area contributed by atoms with Gasteiger partial charge in [-0.2, -0.15) is 0 Å². The fraction of sp³-hybridized carbons (Fsp3) is 0.286. The van der Waals surface area contributed by atoms with Crippen molar-refractivity contribution in [2.75, 3.05) is 19.0 Å². The molecule has 1 aromatic carbocycles. The van der Waals surface area contributed by atoms with Crippen molar-refractivity contribution in [1.29, 1.82) is 0 Å². The van der Waals surface area contributed by atoms with E-state index in [9.17, 15) is 0 Å². The third-order valence-corrected chi connectivity index (χ3v) is 2.76. The average molecular weight is 242 g/mol. The van der Waals surface area contributed by atoms with Crippen LogP contribution in [0.5, 0.6) is 0 Å². The number of hydrogen-bond donors (Lipinski definition) is 1. The van der Waals surface area contributed by atoms with Crippen molar-refractivity contribution >= 4 is 11.5 Å². The summed E-state index contributed by atoms with van der Waals surface area (Å²) in [5, 5.41) is 3.06. The molecule has 4 heteroatoms. The smallest absolute Gasteiger partial charge is 0.144 e. The van der Waals surface area contributed by atoms with Gasteiger partial charge in [-0.1, -0.05) is 12.1 Å². The molecule has 0 radical (unpaired) electrons. The third-order valence-electron chi connectivity index (χ3n) is 2.76. The predicted molar refractivity (Wildman–Crippen MR) is 74.0 cm³/mol. The normalized spacial score (nSPS) is 10.4. The Hall–Kier alpha value is -1.94. The van der Waals surface area contributed by atoms with Gasteiger partial charge in [-0.25, -0.2) is 9.97 Å². The number of aryl methyl sites for hydroxylation is 1. The molecule has 0 saturated carbocycles. The van der Waals surface area contributed by atoms with Crippen molar-refractivity contribution in [1.82, 2.24) is 15.3 Å². The quantitative estimate of drug-likeness (QED) is 0.893. The monoisotopic (exact) mass is 242 g/mol. The number of anilines is 2. The van der Waals surface area contributed by atoms with E-state index in [2.05, 4.69) is 51.4 Å². The standard InChI is InChI=1S/C14H18N4/c1-11-5-4-6-12(9-11)18(3)14-7-8-16-13(17-14)10-15-2/h4-9,15H,10H2,1-3H3. The van der Waals surface area contributed by atoms with Crippen molar-refractivity contribution < 1.29 is 0 Å². The van der Waals surface area contributed by atoms with Gasteiger partial charge in [0.05, 0.1) is 6.54 Å². The Balaban J connectivity index is 2.27. The highest BCUT2D eigenvalue weighted by molar-refractivity contribution is 5.59. The lowest BCUT2D eigenvalue weighted by Gasteiger charge is -2.19. The van der Waals surface area contributed by atoms with Crippen LogP contribution in [0.25, 0.3) is 0 Å². The zero-order valence-electron chi connectivity index (χ0n) is 11.0. The molecule has 1 aromatic heterocycles. The maximum atomic E-state index is 4.52. The van der Waals surface area contributed by atoms with Gasteiger partial charge in [-0.3, -0.25) is 0 Å². The van der Waals surface area contributed by atoms with Gasteiger partial charge in [-0.15, -0.1) is 0 Å². The second kappa shape index (κ2) is 5.60. The summed E-state index contributed by atoms with van der Waals surface area (Å²) in [7, 11) is 3.90. The van der Waals surface area contributed by atoms with E-state index in [4.69, 9.17) is 0 Å². The van der Waals surface area contributed by atoms with Gasteiger partial charge < -0.3 is 10.2 Å². The molecular weight excluding hydrogens is 224 g/mol. The molecule has 0 aliphatic heterocycles. The molecule has 0 unspecified atom stereocenters. The molecule has 1 N–H and O–H groups in total. The van der Waals surface area contributed by atoms with Crippen LogP contribution in [-0.4, -0.2) is 24.1 Å². The number of hydrogen-bond acceptors (Lipinski definition) is 4. The lowest BCUT2D eigenvalue weighted by atomic mass is 10.2. The Morgan fingerprint density at radius 2 is 2.11 bits per heavy atom. The van der Waals surface area contributed by atoms with Crippen molar-refractivity contribution in [2.24, 2.45) is 0 Å². The van der Waals surface area contributed by atoms with Crippen LogP contribution in [0.1, 0.15) is 11.4 Å². The Labute approximate surface area is 108 Å². The van der Waals surface area contributed by atoms with Crippen LogP contribution in [0.4, 0.5) is 11.5 Å². The summed E-state index contributed by atoms with van der Waals surface area (Å²) in [4.78, 5) is 10.8. The molecule has 1 heterocycles. The summed E-state index contributed by atoms with van der Waals surface area (Å²) >= 11 is 0. The van der Waals surface area contributed by atoms with E-state index < -0.39 is 0 Å². The summed E-state index contributed by atoms with van der Waals surface area (Å²) in [5.74, 6) is 1.70. The van der Waals surface area contributed by atoms with Crippen LogP contribution in [0.15, 0.2) is 36.5 Å². The molecule has 0 fully saturated rings. The van der Waals surface area contributed by atoms with E-state index in [1.165, 1.54) is 5.56 Å². The van der Waals surface area contributed by atoms with Gasteiger partial charge in [-0.05, 0) is 37.7 Å². The van der Waals surface area contributed by atoms with E-state index in [1.807, 2.05) is 20.2 Å². The van der Waals surface area contributed by atoms with Crippen molar-refractivity contribution in [3.8, 4) is 0 Å². The fourth-order valence-electron chi connectivity index (χ4n) is 1.79. The van der Waals surface area contributed by atoms with Crippen molar-refractivity contribution in [3.05, 3.63) is 47.9 Å². The zero-order valence-corrected chi connectivity index (χ0v) is 11.0. The minimum Gasteiger partial charge on any atom is -0.329 e. The highest BCUT2D eigenvalue weighted by atomic mass is 15.2. The second-order valence-electron chi connectivity index (χ2n) is 4.26. The molecule has 0 atom stereocenters. The zero-order chi connectivity index (χ0) is 13.0. The number of aromatic nitrogens is 2. The van der Waals surface area contributed by atoms with Gasteiger partial charge in [0.2, 0.25) is 0 Å². The summed E-state index contributed by atoms with van der Waals surface area (Å²) in [6.07, 6.45) is 1.79. The molecule has 94 valence electrons. The molecule has 0 spiro atoms. The van der Waals surface area contributed by atoms with Gasteiger partial charge >= 0.3 is 0 Å². The molecule has 0 aliphatic carbocycles. The maximum absolute atomic E-state index is 4.52. The molecule has 0 aliphatic rings. The summed E-state index contributed by atoms with van der Waals surface area (Å²) in [5.41, 5.74) is 2.37. The van der Waals surface area contributed by atoms with Crippen molar-refractivity contribution in [3.63, 3.8) is 0 Å². The summed E-state index contributed by atoms with van der Waals surface area (Å²) in [6, 6.07) is 10.3. The Morgan fingerprint density at radius 1 is 1.28 bits per heavy atom. The predicted octanol–water partition coefficient (Wildman–Crippen LogP) is 2.27. The molecule has 0 amide bonds. The largest absolute Gasteiger partial charge is 0.329 e. The van der Waals surface area contributed by atoms with Crippen LogP contribution in [0.3, 0.4) is 0 Å². The van der Waals surface area contributed by atoms with Crippen molar-refractivity contribution in [2.45, 2.75) is 13.5 Å². The lowest BCUT2D eigenvalue weighted by Crippen LogP contribution is -2.15. The van der Waals surface area contributed by atoms with Gasteiger partial charge in [0, 0.05) is 18.9 Å². The number of benzene rings is 1. The van der Waals surface area contributed by atoms with Crippen LogP contribution < -0.4 is 10.2 Å². The first kappa shape index (κ1) is 12.5. The first-order valence-electron chi connectivity index (χ1n) is 5.97. The molecular formula is C14H18N4. The minimum absolute atomic E-state index is 0.676. The highest BCUT2D eigenvalue weighted by Gasteiger charge is 2.06. The first-order valence-corrected chi connectivity index (χ1v) is 5.97. The molecule has 18 heavy (non-hydrogen) atoms. The Bertz CT molecular complexity index is 525. The van der Waals surface area contributed by atoms with Crippen LogP contribution >= 0.6 is 0 Å². The number of rotatable bonds is 4. The fourth-order valence-corrected chi connectivity index (χ4v) is 1.79. The topological polar surface area (TPSA) is 41.1 Å². The number of nitrogens with one attached hydrogen (secondary N) is 1. The lowest BCUT2D eigenvalue weighted by molar-refractivity contribution is 0.757. The highest BCUT2D eigenvalue weighted by Crippen LogP contribution is 2.21. The van der Waals surface area contributed by atoms with Gasteiger partial charge in [0.25, 0.3) is 0 Å². The minimum atomic E-state index is 0.676. The molecule has 0 saturated heterocycles. The Kier molecular flexibility index (Phi) is 3.89. The van der Waals surface area contributed by atoms with Crippen LogP contribution in [0.2, 0.25) is 0 Å². The molecule has 2 rings (SSSR count). The summed E-state index contributed by atoms with van der Waals surface area (Å²) < 4.78 is 0. The summed E-state index contributed by atoms with van der Waals surface area (Å²) in [6.45, 7) is 2.76. The van der Waals surface area contributed by atoms with E-state index in [0.29, 0.717) is 6.54 Å². The van der Waals surface area contributed by atoms with Gasteiger partial charge in [0.15, 0.2) is 0 Å². The van der Waals surface area contributed by atoms with Crippen LogP contribution in [-0.2, 0) is 6.54 Å². The average Bonchev–Trinajstić information content (AvgIpc) is 2.39. The SMILES string of the molecule is CNCc1nccc(N(C)c2cccc(C)c2)n1. The second-order valence-corrected chi connectivity index (χ2v) is 4.26. The number of nitrogens with zero attached hydrogens (tertiary/aromatic N) is 3. The molecule has 4 nitrogen and oxygen atoms in total. The van der Waals surface area contributed by atoms with Gasteiger partial charge in [0.1, 0.15) is 11.6 Å². The maximum Gasteiger partial charge on any atom is 0.144 e. The first-order chi connectivity index (χ1) is 8.70. The Morgan fingerprint density at radius 3 is 2.83 bits per heavy atom. The van der Waals surface area contributed by atoms with E-state index >= 15 is 0 Å².